The maximum atomic E-state index is 5.82. The van der Waals surface area contributed by atoms with Gasteiger partial charge < -0.3 is 10.5 Å². The van der Waals surface area contributed by atoms with Crippen LogP contribution in [-0.4, -0.2) is 13.2 Å². The van der Waals surface area contributed by atoms with E-state index >= 15 is 0 Å². The van der Waals surface area contributed by atoms with E-state index in [1.54, 1.807) is 0 Å². The molecule has 1 rings (SSSR count). The molecule has 2 nitrogen and oxygen atoms in total. The monoisotopic (exact) mass is 249 g/mol. The lowest BCUT2D eigenvalue weighted by Crippen LogP contribution is -2.25. The number of hydrogen-bond acceptors (Lipinski definition) is 2. The molecule has 18 heavy (non-hydrogen) atoms. The standard InChI is InChI=1S/C16H27NO/c1-15(2,3)13-7-6-8-14(11-13)18-10-9-16(4,5)12-17/h6-8,11H,9-10,12,17H2,1-5H3. The molecule has 102 valence electrons. The van der Waals surface area contributed by atoms with E-state index in [9.17, 15) is 0 Å². The second-order valence-electron chi connectivity index (χ2n) is 6.74. The number of hydrogen-bond donors (Lipinski definition) is 1. The minimum absolute atomic E-state index is 0.154. The van der Waals surface area contributed by atoms with Crippen LogP contribution in [0.25, 0.3) is 0 Å². The third-order valence-corrected chi connectivity index (χ3v) is 3.30. The highest BCUT2D eigenvalue weighted by atomic mass is 16.5. The minimum Gasteiger partial charge on any atom is -0.494 e. The van der Waals surface area contributed by atoms with Crippen molar-refractivity contribution in [2.24, 2.45) is 11.1 Å². The Hall–Kier alpha value is -1.02. The molecule has 0 saturated heterocycles. The molecule has 0 amide bonds. The normalized spacial score (nSPS) is 12.6. The van der Waals surface area contributed by atoms with Crippen LogP contribution in [0.1, 0.15) is 46.6 Å². The van der Waals surface area contributed by atoms with Crippen molar-refractivity contribution >= 4 is 0 Å². The average molecular weight is 249 g/mol. The molecule has 0 aromatic heterocycles. The summed E-state index contributed by atoms with van der Waals surface area (Å²) in [4.78, 5) is 0. The molecule has 0 radical (unpaired) electrons. The summed E-state index contributed by atoms with van der Waals surface area (Å²) in [5.41, 5.74) is 7.33. The summed E-state index contributed by atoms with van der Waals surface area (Å²) in [6.45, 7) is 12.4. The molecule has 2 heteroatoms. The molecule has 0 heterocycles. The second kappa shape index (κ2) is 5.75. The first-order chi connectivity index (χ1) is 8.24. The molecule has 0 aliphatic carbocycles. The van der Waals surface area contributed by atoms with Crippen LogP contribution in [0.4, 0.5) is 0 Å². The maximum absolute atomic E-state index is 5.82. The van der Waals surface area contributed by atoms with Gasteiger partial charge in [-0.25, -0.2) is 0 Å². The molecule has 0 atom stereocenters. The molecule has 0 bridgehead atoms. The van der Waals surface area contributed by atoms with Crippen molar-refractivity contribution in [2.45, 2.75) is 46.5 Å². The van der Waals surface area contributed by atoms with Gasteiger partial charge in [0.2, 0.25) is 0 Å². The largest absolute Gasteiger partial charge is 0.494 e. The van der Waals surface area contributed by atoms with Crippen molar-refractivity contribution in [3.8, 4) is 5.75 Å². The lowest BCUT2D eigenvalue weighted by atomic mass is 9.87. The van der Waals surface area contributed by atoms with Crippen molar-refractivity contribution in [1.82, 2.24) is 0 Å². The number of benzene rings is 1. The molecule has 0 fully saturated rings. The van der Waals surface area contributed by atoms with Crippen molar-refractivity contribution < 1.29 is 4.74 Å². The van der Waals surface area contributed by atoms with E-state index in [1.807, 2.05) is 6.07 Å². The third kappa shape index (κ3) is 4.69. The fraction of sp³-hybridized carbons (Fsp3) is 0.625. The summed E-state index contributed by atoms with van der Waals surface area (Å²) in [5, 5.41) is 0. The van der Waals surface area contributed by atoms with Gasteiger partial charge in [0.15, 0.2) is 0 Å². The number of nitrogens with two attached hydrogens (primary N) is 1. The average Bonchev–Trinajstić information content (AvgIpc) is 2.28. The van der Waals surface area contributed by atoms with E-state index in [-0.39, 0.29) is 10.8 Å². The van der Waals surface area contributed by atoms with Crippen LogP contribution in [0.5, 0.6) is 5.75 Å². The van der Waals surface area contributed by atoms with Crippen molar-refractivity contribution in [2.75, 3.05) is 13.2 Å². The Morgan fingerprint density at radius 2 is 1.78 bits per heavy atom. The third-order valence-electron chi connectivity index (χ3n) is 3.30. The quantitative estimate of drug-likeness (QED) is 0.862. The highest BCUT2D eigenvalue weighted by Gasteiger charge is 2.16. The Bertz CT molecular complexity index is 377. The predicted molar refractivity (Wildman–Crippen MR) is 78.1 cm³/mol. The minimum atomic E-state index is 0.154. The number of rotatable bonds is 5. The van der Waals surface area contributed by atoms with E-state index in [1.165, 1.54) is 5.56 Å². The Labute approximate surface area is 112 Å². The Balaban J connectivity index is 2.59. The second-order valence-corrected chi connectivity index (χ2v) is 6.74. The van der Waals surface area contributed by atoms with E-state index in [0.29, 0.717) is 6.54 Å². The van der Waals surface area contributed by atoms with Gasteiger partial charge in [-0.2, -0.15) is 0 Å². The highest BCUT2D eigenvalue weighted by Crippen LogP contribution is 2.26. The first-order valence-electron chi connectivity index (χ1n) is 6.68. The summed E-state index contributed by atoms with van der Waals surface area (Å²) in [6.07, 6.45) is 0.975. The molecule has 1 aromatic carbocycles. The maximum Gasteiger partial charge on any atom is 0.119 e. The zero-order valence-corrected chi connectivity index (χ0v) is 12.4. The molecular weight excluding hydrogens is 222 g/mol. The van der Waals surface area contributed by atoms with Crippen molar-refractivity contribution in [3.05, 3.63) is 29.8 Å². The van der Waals surface area contributed by atoms with Gasteiger partial charge >= 0.3 is 0 Å². The molecule has 0 spiro atoms. The van der Waals surface area contributed by atoms with Crippen LogP contribution in [0.3, 0.4) is 0 Å². The summed E-state index contributed by atoms with van der Waals surface area (Å²) in [6, 6.07) is 8.36. The van der Waals surface area contributed by atoms with Gasteiger partial charge in [-0.05, 0) is 41.5 Å². The van der Waals surface area contributed by atoms with Crippen LogP contribution in [0.15, 0.2) is 24.3 Å². The lowest BCUT2D eigenvalue weighted by molar-refractivity contribution is 0.233. The molecule has 0 saturated carbocycles. The van der Waals surface area contributed by atoms with Crippen molar-refractivity contribution in [1.29, 1.82) is 0 Å². The Morgan fingerprint density at radius 3 is 2.33 bits per heavy atom. The fourth-order valence-electron chi connectivity index (χ4n) is 1.60. The van der Waals surface area contributed by atoms with Crippen LogP contribution < -0.4 is 10.5 Å². The van der Waals surface area contributed by atoms with Crippen LogP contribution >= 0.6 is 0 Å². The fourth-order valence-corrected chi connectivity index (χ4v) is 1.60. The zero-order valence-electron chi connectivity index (χ0n) is 12.4. The summed E-state index contributed by atoms with van der Waals surface area (Å²) in [7, 11) is 0. The molecule has 0 unspecified atom stereocenters. The van der Waals surface area contributed by atoms with Gasteiger partial charge in [-0.1, -0.05) is 46.8 Å². The van der Waals surface area contributed by atoms with E-state index in [2.05, 4.69) is 52.8 Å². The summed E-state index contributed by atoms with van der Waals surface area (Å²) >= 11 is 0. The number of ether oxygens (including phenoxy) is 1. The Kier molecular flexibility index (Phi) is 4.80. The van der Waals surface area contributed by atoms with Gasteiger partial charge in [-0.3, -0.25) is 0 Å². The van der Waals surface area contributed by atoms with Crippen LogP contribution in [0, 0.1) is 5.41 Å². The summed E-state index contributed by atoms with van der Waals surface area (Å²) in [5.74, 6) is 0.954. The lowest BCUT2D eigenvalue weighted by Gasteiger charge is -2.23. The van der Waals surface area contributed by atoms with Crippen LogP contribution in [0.2, 0.25) is 0 Å². The van der Waals surface area contributed by atoms with Gasteiger partial charge in [-0.15, -0.1) is 0 Å². The van der Waals surface area contributed by atoms with Gasteiger partial charge in [0, 0.05) is 0 Å². The van der Waals surface area contributed by atoms with E-state index < -0.39 is 0 Å². The van der Waals surface area contributed by atoms with E-state index in [0.717, 1.165) is 18.8 Å². The Morgan fingerprint density at radius 1 is 1.11 bits per heavy atom. The predicted octanol–water partition coefficient (Wildman–Crippen LogP) is 3.74. The first kappa shape index (κ1) is 15.0. The SMILES string of the molecule is CC(C)(CN)CCOc1cccc(C(C)(C)C)c1. The molecule has 2 N–H and O–H groups in total. The van der Waals surface area contributed by atoms with E-state index in [4.69, 9.17) is 10.5 Å². The summed E-state index contributed by atoms with van der Waals surface area (Å²) < 4.78 is 5.82. The van der Waals surface area contributed by atoms with Gasteiger partial charge in [0.05, 0.1) is 6.61 Å². The van der Waals surface area contributed by atoms with Crippen LogP contribution in [-0.2, 0) is 5.41 Å². The zero-order chi connectivity index (χ0) is 13.8. The van der Waals surface area contributed by atoms with Crippen molar-refractivity contribution in [3.63, 3.8) is 0 Å². The first-order valence-corrected chi connectivity index (χ1v) is 6.68. The molecule has 0 aliphatic heterocycles. The topological polar surface area (TPSA) is 35.2 Å². The highest BCUT2D eigenvalue weighted by molar-refractivity contribution is 5.32. The molecule has 0 aliphatic rings. The molecule has 1 aromatic rings. The van der Waals surface area contributed by atoms with Gasteiger partial charge in [0.25, 0.3) is 0 Å². The molecular formula is C16H27NO. The smallest absolute Gasteiger partial charge is 0.119 e. The van der Waals surface area contributed by atoms with Gasteiger partial charge in [0.1, 0.15) is 5.75 Å².